The standard InChI is InChI=1S/C19H22N4O4/c1-5-6-9-23-18(24)14(11-20)12(2)17(19(23)25)22-21-15-8-7-13(26-3)10-16(15)27-4/h7-8,10,25H,5-6,9H2,1-4H3/b22-21+. The molecule has 0 spiro atoms. The third kappa shape index (κ3) is 4.08. The van der Waals surface area contributed by atoms with Crippen LogP contribution in [0.15, 0.2) is 33.2 Å². The first-order valence-electron chi connectivity index (χ1n) is 8.48. The van der Waals surface area contributed by atoms with Crippen molar-refractivity contribution in [3.05, 3.63) is 39.7 Å². The lowest BCUT2D eigenvalue weighted by atomic mass is 10.1. The minimum Gasteiger partial charge on any atom is -0.497 e. The van der Waals surface area contributed by atoms with Gasteiger partial charge in [0.25, 0.3) is 5.56 Å². The van der Waals surface area contributed by atoms with Gasteiger partial charge in [0.2, 0.25) is 5.88 Å². The molecule has 142 valence electrons. The van der Waals surface area contributed by atoms with Crippen LogP contribution in [0.4, 0.5) is 11.4 Å². The largest absolute Gasteiger partial charge is 0.497 e. The number of hydrogen-bond donors (Lipinski definition) is 1. The minimum absolute atomic E-state index is 0.0560. The Bertz CT molecular complexity index is 958. The van der Waals surface area contributed by atoms with Gasteiger partial charge in [0, 0.05) is 18.2 Å². The van der Waals surface area contributed by atoms with E-state index in [1.165, 1.54) is 7.11 Å². The molecule has 1 heterocycles. The van der Waals surface area contributed by atoms with Crippen LogP contribution in [0, 0.1) is 18.3 Å². The lowest BCUT2D eigenvalue weighted by Gasteiger charge is -2.13. The molecule has 1 N–H and O–H groups in total. The van der Waals surface area contributed by atoms with Gasteiger partial charge in [-0.25, -0.2) is 0 Å². The Hall–Kier alpha value is -3.34. The number of unbranched alkanes of at least 4 members (excludes halogenated alkanes) is 1. The van der Waals surface area contributed by atoms with Crippen molar-refractivity contribution in [3.8, 4) is 23.4 Å². The second kappa shape index (κ2) is 8.85. The lowest BCUT2D eigenvalue weighted by Crippen LogP contribution is -2.23. The normalized spacial score (nSPS) is 10.8. The van der Waals surface area contributed by atoms with Crippen molar-refractivity contribution >= 4 is 11.4 Å². The van der Waals surface area contributed by atoms with Gasteiger partial charge in [-0.05, 0) is 25.5 Å². The zero-order valence-corrected chi connectivity index (χ0v) is 15.8. The van der Waals surface area contributed by atoms with Gasteiger partial charge in [0.1, 0.15) is 28.8 Å². The first-order chi connectivity index (χ1) is 13.0. The van der Waals surface area contributed by atoms with Crippen LogP contribution >= 0.6 is 0 Å². The molecule has 1 aromatic heterocycles. The number of nitrogens with zero attached hydrogens (tertiary/aromatic N) is 4. The fourth-order valence-corrected chi connectivity index (χ4v) is 2.55. The third-order valence-electron chi connectivity index (χ3n) is 4.15. The minimum atomic E-state index is -0.526. The summed E-state index contributed by atoms with van der Waals surface area (Å²) in [6.07, 6.45) is 1.52. The highest BCUT2D eigenvalue weighted by molar-refractivity contribution is 5.60. The maximum atomic E-state index is 12.4. The summed E-state index contributed by atoms with van der Waals surface area (Å²) in [4.78, 5) is 12.4. The molecule has 0 bridgehead atoms. The van der Waals surface area contributed by atoms with E-state index in [4.69, 9.17) is 9.47 Å². The SMILES string of the molecule is CCCCn1c(O)c(/N=N/c2ccc(OC)cc2OC)c(C)c(C#N)c1=O. The number of pyridine rings is 1. The number of benzene rings is 1. The second-order valence-corrected chi connectivity index (χ2v) is 5.83. The van der Waals surface area contributed by atoms with Gasteiger partial charge < -0.3 is 14.6 Å². The molecule has 0 aliphatic carbocycles. The highest BCUT2D eigenvalue weighted by Gasteiger charge is 2.19. The van der Waals surface area contributed by atoms with Crippen LogP contribution in [0.3, 0.4) is 0 Å². The van der Waals surface area contributed by atoms with Crippen LogP contribution in [0.25, 0.3) is 0 Å². The Labute approximate surface area is 157 Å². The van der Waals surface area contributed by atoms with E-state index < -0.39 is 5.56 Å². The molecule has 2 aromatic rings. The Kier molecular flexibility index (Phi) is 6.55. The molecule has 0 saturated carbocycles. The number of nitriles is 1. The van der Waals surface area contributed by atoms with Crippen molar-refractivity contribution in [2.45, 2.75) is 33.2 Å². The van der Waals surface area contributed by atoms with Gasteiger partial charge >= 0.3 is 0 Å². The zero-order chi connectivity index (χ0) is 20.0. The highest BCUT2D eigenvalue weighted by Crippen LogP contribution is 2.36. The van der Waals surface area contributed by atoms with Gasteiger partial charge in [0.15, 0.2) is 5.69 Å². The summed E-state index contributed by atoms with van der Waals surface area (Å²) in [5, 5.41) is 28.1. The zero-order valence-electron chi connectivity index (χ0n) is 15.8. The Morgan fingerprint density at radius 1 is 1.26 bits per heavy atom. The summed E-state index contributed by atoms with van der Waals surface area (Å²) in [5.74, 6) is 0.737. The summed E-state index contributed by atoms with van der Waals surface area (Å²) in [7, 11) is 3.04. The first kappa shape index (κ1) is 20.0. The van der Waals surface area contributed by atoms with Crippen LogP contribution in [0.2, 0.25) is 0 Å². The van der Waals surface area contributed by atoms with Gasteiger partial charge in [-0.1, -0.05) is 13.3 Å². The Balaban J connectivity index is 2.57. The van der Waals surface area contributed by atoms with Crippen LogP contribution < -0.4 is 15.0 Å². The Morgan fingerprint density at radius 2 is 2.00 bits per heavy atom. The molecule has 0 unspecified atom stereocenters. The van der Waals surface area contributed by atoms with Crippen molar-refractivity contribution < 1.29 is 14.6 Å². The van der Waals surface area contributed by atoms with Crippen LogP contribution in [0.5, 0.6) is 17.4 Å². The molecule has 27 heavy (non-hydrogen) atoms. The monoisotopic (exact) mass is 370 g/mol. The first-order valence-corrected chi connectivity index (χ1v) is 8.48. The van der Waals surface area contributed by atoms with Crippen LogP contribution in [-0.2, 0) is 6.54 Å². The average molecular weight is 370 g/mol. The van der Waals surface area contributed by atoms with Crippen molar-refractivity contribution in [2.75, 3.05) is 14.2 Å². The molecule has 0 amide bonds. The van der Waals surface area contributed by atoms with Gasteiger partial charge in [-0.2, -0.15) is 5.26 Å². The number of aromatic hydroxyl groups is 1. The topological polar surface area (TPSA) is 109 Å². The maximum absolute atomic E-state index is 12.4. The van der Waals surface area contributed by atoms with Crippen molar-refractivity contribution in [1.82, 2.24) is 4.57 Å². The molecule has 1 aromatic carbocycles. The van der Waals surface area contributed by atoms with Gasteiger partial charge in [-0.3, -0.25) is 9.36 Å². The van der Waals surface area contributed by atoms with E-state index in [9.17, 15) is 15.2 Å². The van der Waals surface area contributed by atoms with Gasteiger partial charge in [-0.15, -0.1) is 10.2 Å². The number of ether oxygens (including phenoxy) is 2. The van der Waals surface area contributed by atoms with E-state index in [-0.39, 0.29) is 22.7 Å². The molecule has 0 aliphatic heterocycles. The maximum Gasteiger partial charge on any atom is 0.271 e. The fourth-order valence-electron chi connectivity index (χ4n) is 2.55. The van der Waals surface area contributed by atoms with E-state index >= 15 is 0 Å². The molecule has 0 atom stereocenters. The molecule has 0 fully saturated rings. The number of aromatic nitrogens is 1. The quantitative estimate of drug-likeness (QED) is 0.742. The van der Waals surface area contributed by atoms with E-state index in [1.807, 2.05) is 13.0 Å². The van der Waals surface area contributed by atoms with Crippen molar-refractivity contribution in [2.24, 2.45) is 10.2 Å². The average Bonchev–Trinajstić information content (AvgIpc) is 2.68. The summed E-state index contributed by atoms with van der Waals surface area (Å²) in [6.45, 7) is 3.83. The highest BCUT2D eigenvalue weighted by atomic mass is 16.5. The molecule has 0 radical (unpaired) electrons. The molecular formula is C19H22N4O4. The molecule has 8 nitrogen and oxygen atoms in total. The van der Waals surface area contributed by atoms with Crippen molar-refractivity contribution in [1.29, 1.82) is 5.26 Å². The fraction of sp³-hybridized carbons (Fsp3) is 0.368. The molecule has 8 heteroatoms. The molecule has 2 rings (SSSR count). The predicted molar refractivity (Wildman–Crippen MR) is 100 cm³/mol. The number of rotatable bonds is 7. The number of azo groups is 1. The number of methoxy groups -OCH3 is 2. The van der Waals surface area contributed by atoms with E-state index in [0.29, 0.717) is 30.2 Å². The smallest absolute Gasteiger partial charge is 0.271 e. The van der Waals surface area contributed by atoms with Crippen molar-refractivity contribution in [3.63, 3.8) is 0 Å². The number of hydrogen-bond acceptors (Lipinski definition) is 7. The summed E-state index contributed by atoms with van der Waals surface area (Å²) < 4.78 is 11.6. The summed E-state index contributed by atoms with van der Waals surface area (Å²) >= 11 is 0. The van der Waals surface area contributed by atoms with Crippen LogP contribution in [0.1, 0.15) is 30.9 Å². The molecule has 0 saturated heterocycles. The summed E-state index contributed by atoms with van der Waals surface area (Å²) in [6, 6.07) is 6.91. The Morgan fingerprint density at radius 3 is 2.59 bits per heavy atom. The van der Waals surface area contributed by atoms with Crippen LogP contribution in [-0.4, -0.2) is 23.9 Å². The summed E-state index contributed by atoms with van der Waals surface area (Å²) in [5.41, 5.74) is 0.201. The lowest BCUT2D eigenvalue weighted by molar-refractivity contribution is 0.394. The second-order valence-electron chi connectivity index (χ2n) is 5.83. The van der Waals surface area contributed by atoms with E-state index in [2.05, 4.69) is 10.2 Å². The van der Waals surface area contributed by atoms with E-state index in [0.717, 1.165) is 11.0 Å². The molecule has 0 aliphatic rings. The molecular weight excluding hydrogens is 348 g/mol. The predicted octanol–water partition coefficient (Wildman–Crippen LogP) is 3.97. The van der Waals surface area contributed by atoms with E-state index in [1.54, 1.807) is 32.2 Å². The third-order valence-corrected chi connectivity index (χ3v) is 4.15. The van der Waals surface area contributed by atoms with Gasteiger partial charge in [0.05, 0.1) is 14.2 Å².